The van der Waals surface area contributed by atoms with Gasteiger partial charge in [0, 0.05) is 21.1 Å². The Morgan fingerprint density at radius 1 is 1.25 bits per heavy atom. The average molecular weight is 417 g/mol. The molecule has 140 valence electrons. The molecule has 0 fully saturated rings. The van der Waals surface area contributed by atoms with Crippen LogP contribution in [0.15, 0.2) is 17.1 Å². The maximum atomic E-state index is 9.60. The molecule has 8 N–H and O–H groups in total. The van der Waals surface area contributed by atoms with Crippen LogP contribution in [0.2, 0.25) is 10.0 Å². The van der Waals surface area contributed by atoms with Gasteiger partial charge < -0.3 is 26.8 Å². The first kappa shape index (κ1) is 19.5. The van der Waals surface area contributed by atoms with Gasteiger partial charge in [0.25, 0.3) is 0 Å². The predicted octanol–water partition coefficient (Wildman–Crippen LogP) is 0.0459. The van der Waals surface area contributed by atoms with Crippen LogP contribution in [0.3, 0.4) is 0 Å². The van der Waals surface area contributed by atoms with Crippen molar-refractivity contribution in [2.75, 3.05) is 16.8 Å². The minimum atomic E-state index is -1.93. The fourth-order valence-corrected chi connectivity index (χ4v) is 3.51. The lowest BCUT2D eigenvalue weighted by Gasteiger charge is -2.27. The van der Waals surface area contributed by atoms with Crippen molar-refractivity contribution in [3.8, 4) is 12.3 Å². The summed E-state index contributed by atoms with van der Waals surface area (Å²) in [6.07, 6.45) is 1.73. The Morgan fingerprint density at radius 2 is 1.96 bits per heavy atom. The number of nitrogens with one attached hydrogen (secondary N) is 2. The lowest BCUT2D eigenvalue weighted by Crippen LogP contribution is -2.35. The van der Waals surface area contributed by atoms with Gasteiger partial charge in [-0.15, -0.1) is 0 Å². The normalized spacial score (nSPS) is 14.8. The molecule has 2 aromatic rings. The highest BCUT2D eigenvalue weighted by molar-refractivity contribution is 6.66. The minimum absolute atomic E-state index is 0.0272. The van der Waals surface area contributed by atoms with E-state index in [9.17, 15) is 15.3 Å². The number of anilines is 3. The van der Waals surface area contributed by atoms with Crippen molar-refractivity contribution in [1.82, 2.24) is 10.3 Å². The van der Waals surface area contributed by atoms with Crippen molar-refractivity contribution in [1.29, 1.82) is 10.5 Å². The summed E-state index contributed by atoms with van der Waals surface area (Å²) >= 11 is 12.4. The minimum Gasteiger partial charge on any atom is -0.423 e. The molecule has 0 bridgehead atoms. The van der Waals surface area contributed by atoms with Crippen LogP contribution >= 0.6 is 23.2 Å². The molecule has 10 nitrogen and oxygen atoms in total. The van der Waals surface area contributed by atoms with Crippen LogP contribution < -0.4 is 27.6 Å². The molecule has 0 radical (unpaired) electrons. The second-order valence-corrected chi connectivity index (χ2v) is 6.42. The Balaban J connectivity index is 2.32. The van der Waals surface area contributed by atoms with Crippen LogP contribution in [0, 0.1) is 22.8 Å². The van der Waals surface area contributed by atoms with Crippen LogP contribution in [0.5, 0.6) is 0 Å². The number of rotatable bonds is 2. The number of nitriles is 2. The molecule has 1 aliphatic heterocycles. The molecule has 1 unspecified atom stereocenters. The zero-order valence-corrected chi connectivity index (χ0v) is 15.4. The van der Waals surface area contributed by atoms with E-state index in [1.54, 1.807) is 6.19 Å². The smallest absolute Gasteiger partial charge is 0.423 e. The van der Waals surface area contributed by atoms with E-state index >= 15 is 0 Å². The number of guanidine groups is 1. The van der Waals surface area contributed by atoms with Crippen molar-refractivity contribution in [3.05, 3.63) is 38.9 Å². The van der Waals surface area contributed by atoms with Gasteiger partial charge in [0.15, 0.2) is 6.19 Å². The van der Waals surface area contributed by atoms with E-state index in [4.69, 9.17) is 39.9 Å². The number of halogens is 2. The van der Waals surface area contributed by atoms with Gasteiger partial charge in [-0.2, -0.15) is 10.5 Å². The SMILES string of the molecule is N#CNC1=NC(c2ccc(Cl)c(B(O)O)c2Cl)c2c(nc(N)c(C#N)c2N)N1. The molecule has 0 saturated heterocycles. The van der Waals surface area contributed by atoms with E-state index in [0.29, 0.717) is 5.56 Å². The molecule has 2 heterocycles. The molecule has 1 atom stereocenters. The van der Waals surface area contributed by atoms with E-state index < -0.39 is 13.2 Å². The third-order valence-electron chi connectivity index (χ3n) is 4.07. The number of aliphatic imine (C=N–C) groups is 1. The number of hydrogen-bond donors (Lipinski definition) is 6. The highest BCUT2D eigenvalue weighted by atomic mass is 35.5. The molecule has 0 aliphatic carbocycles. The van der Waals surface area contributed by atoms with Gasteiger partial charge in [-0.3, -0.25) is 5.32 Å². The van der Waals surface area contributed by atoms with Crippen LogP contribution in [-0.2, 0) is 0 Å². The van der Waals surface area contributed by atoms with E-state index in [1.807, 2.05) is 6.07 Å². The lowest BCUT2D eigenvalue weighted by molar-refractivity contribution is 0.426. The highest BCUT2D eigenvalue weighted by Crippen LogP contribution is 2.42. The first-order valence-electron chi connectivity index (χ1n) is 7.62. The third kappa shape index (κ3) is 3.13. The molecule has 3 rings (SSSR count). The molecule has 1 aromatic carbocycles. The van der Waals surface area contributed by atoms with Crippen LogP contribution in [0.4, 0.5) is 17.3 Å². The summed E-state index contributed by atoms with van der Waals surface area (Å²) in [4.78, 5) is 8.48. The molecule has 1 aliphatic rings. The van der Waals surface area contributed by atoms with Crippen molar-refractivity contribution < 1.29 is 10.0 Å². The average Bonchev–Trinajstić information content (AvgIpc) is 2.61. The Bertz CT molecular complexity index is 1090. The summed E-state index contributed by atoms with van der Waals surface area (Å²) in [5, 5.41) is 42.5. The first-order valence-corrected chi connectivity index (χ1v) is 8.38. The molecule has 1 aromatic heterocycles. The number of nitrogens with zero attached hydrogens (tertiary/aromatic N) is 4. The van der Waals surface area contributed by atoms with Crippen molar-refractivity contribution in [2.45, 2.75) is 6.04 Å². The fraction of sp³-hybridized carbons (Fsp3) is 0.0667. The number of pyridine rings is 1. The fourth-order valence-electron chi connectivity index (χ4n) is 2.84. The summed E-state index contributed by atoms with van der Waals surface area (Å²) in [5.74, 6) is 0.105. The molecular formula is C15H11BCl2N8O2. The summed E-state index contributed by atoms with van der Waals surface area (Å²) < 4.78 is 0. The predicted molar refractivity (Wildman–Crippen MR) is 106 cm³/mol. The van der Waals surface area contributed by atoms with Crippen LogP contribution in [-0.4, -0.2) is 28.1 Å². The van der Waals surface area contributed by atoms with E-state index in [-0.39, 0.29) is 49.9 Å². The third-order valence-corrected chi connectivity index (χ3v) is 4.82. The number of nitrogen functional groups attached to an aromatic ring is 2. The molecule has 28 heavy (non-hydrogen) atoms. The van der Waals surface area contributed by atoms with Gasteiger partial charge in [0.05, 0.1) is 5.69 Å². The number of fused-ring (bicyclic) bond motifs is 1. The number of nitrogens with two attached hydrogens (primary N) is 2. The van der Waals surface area contributed by atoms with Gasteiger partial charge in [-0.1, -0.05) is 29.3 Å². The second kappa shape index (κ2) is 7.42. The molecule has 0 amide bonds. The lowest BCUT2D eigenvalue weighted by atomic mass is 9.78. The maximum absolute atomic E-state index is 9.60. The topological polar surface area (TPSA) is 189 Å². The highest BCUT2D eigenvalue weighted by Gasteiger charge is 2.33. The zero-order valence-electron chi connectivity index (χ0n) is 13.9. The van der Waals surface area contributed by atoms with Crippen LogP contribution in [0.1, 0.15) is 22.7 Å². The number of aromatic nitrogens is 1. The molecule has 13 heteroatoms. The summed E-state index contributed by atoms with van der Waals surface area (Å²) in [6, 6.07) is 3.88. The van der Waals surface area contributed by atoms with E-state index in [2.05, 4.69) is 20.6 Å². The molecular weight excluding hydrogens is 406 g/mol. The summed E-state index contributed by atoms with van der Waals surface area (Å²) in [5.41, 5.74) is 12.4. The number of hydrogen-bond acceptors (Lipinski definition) is 10. The Hall–Kier alpha value is -3.22. The largest absolute Gasteiger partial charge is 0.491 e. The maximum Gasteiger partial charge on any atom is 0.491 e. The van der Waals surface area contributed by atoms with Gasteiger partial charge in [0.2, 0.25) is 5.96 Å². The van der Waals surface area contributed by atoms with E-state index in [1.165, 1.54) is 12.1 Å². The van der Waals surface area contributed by atoms with Gasteiger partial charge in [-0.25, -0.2) is 9.98 Å². The Labute approximate surface area is 169 Å². The zero-order chi connectivity index (χ0) is 20.6. The summed E-state index contributed by atoms with van der Waals surface area (Å²) in [7, 11) is -1.93. The van der Waals surface area contributed by atoms with Crippen molar-refractivity contribution in [3.63, 3.8) is 0 Å². The second-order valence-electron chi connectivity index (χ2n) is 5.64. The molecule has 0 spiro atoms. The van der Waals surface area contributed by atoms with Gasteiger partial charge >= 0.3 is 7.12 Å². The number of benzene rings is 1. The van der Waals surface area contributed by atoms with Crippen molar-refractivity contribution in [2.24, 2.45) is 4.99 Å². The molecule has 0 saturated carbocycles. The monoisotopic (exact) mass is 416 g/mol. The Morgan fingerprint density at radius 3 is 2.57 bits per heavy atom. The summed E-state index contributed by atoms with van der Waals surface area (Å²) in [6.45, 7) is 0. The quantitative estimate of drug-likeness (QED) is 0.223. The van der Waals surface area contributed by atoms with Crippen LogP contribution in [0.25, 0.3) is 0 Å². The van der Waals surface area contributed by atoms with Gasteiger partial charge in [-0.05, 0) is 11.6 Å². The van der Waals surface area contributed by atoms with Gasteiger partial charge in [0.1, 0.15) is 29.3 Å². The Kier molecular flexibility index (Phi) is 5.18. The van der Waals surface area contributed by atoms with E-state index in [0.717, 1.165) is 0 Å². The first-order chi connectivity index (χ1) is 13.3. The standard InChI is InChI=1S/C15H11BCl2N8O2/c17-7-2-1-5(10(18)9(7)16(27)28)12-8-11(21)6(3-19)13(22)25-14(8)26-15(24-12)23-4-20/h1-2,12,27-28H,(H6,21,22,23,24,25,26). The van der Waals surface area contributed by atoms with Crippen molar-refractivity contribution >= 4 is 59.1 Å².